The van der Waals surface area contributed by atoms with Gasteiger partial charge in [0.05, 0.1) is 0 Å². The van der Waals surface area contributed by atoms with Gasteiger partial charge in [-0.1, -0.05) is 0 Å². The summed E-state index contributed by atoms with van der Waals surface area (Å²) in [7, 11) is 0. The molecule has 0 saturated heterocycles. The second kappa shape index (κ2) is 7.56. The standard InChI is InChI=1S/C4H10Se3/c1-3-6-7-4-5-2/h3-4H2,1-2H3. The monoisotopic (exact) mass is 298 g/mol. The molecule has 0 aliphatic carbocycles. The van der Waals surface area contributed by atoms with E-state index in [1.165, 1.54) is 5.32 Å². The Hall–Kier alpha value is 1.56. The first-order valence-electron chi connectivity index (χ1n) is 2.15. The first-order chi connectivity index (χ1) is 3.41. The van der Waals surface area contributed by atoms with Crippen LogP contribution in [0.1, 0.15) is 6.92 Å². The van der Waals surface area contributed by atoms with Gasteiger partial charge in [-0.2, -0.15) is 0 Å². The van der Waals surface area contributed by atoms with Gasteiger partial charge in [0.1, 0.15) is 0 Å². The van der Waals surface area contributed by atoms with Crippen LogP contribution in [-0.4, -0.2) is 41.2 Å². The Balaban J connectivity index is 2.45. The van der Waals surface area contributed by atoms with Gasteiger partial charge >= 0.3 is 63.5 Å². The molecule has 0 nitrogen and oxygen atoms in total. The van der Waals surface area contributed by atoms with Gasteiger partial charge < -0.3 is 0 Å². The molecular formula is C4H10Se3. The van der Waals surface area contributed by atoms with Gasteiger partial charge in [0.25, 0.3) is 0 Å². The summed E-state index contributed by atoms with van der Waals surface area (Å²) in [5, 5.41) is 1.46. The fourth-order valence-electron chi connectivity index (χ4n) is 0.165. The summed E-state index contributed by atoms with van der Waals surface area (Å²) in [5.74, 6) is 2.33. The molecule has 0 unspecified atom stereocenters. The summed E-state index contributed by atoms with van der Waals surface area (Å²) in [5.41, 5.74) is 0. The Morgan fingerprint density at radius 2 is 2.00 bits per heavy atom. The zero-order valence-electron chi connectivity index (χ0n) is 4.64. The molecular weight excluding hydrogens is 285 g/mol. The van der Waals surface area contributed by atoms with E-state index in [9.17, 15) is 0 Å². The van der Waals surface area contributed by atoms with Gasteiger partial charge in [0.15, 0.2) is 0 Å². The molecule has 44 valence electrons. The molecule has 0 bridgehead atoms. The third kappa shape index (κ3) is 7.56. The average molecular weight is 295 g/mol. The summed E-state index contributed by atoms with van der Waals surface area (Å²) in [4.78, 5) is 0. The summed E-state index contributed by atoms with van der Waals surface area (Å²) in [6.07, 6.45) is 0. The van der Waals surface area contributed by atoms with Gasteiger partial charge in [0.2, 0.25) is 0 Å². The SMILES string of the molecule is CC[Se][Se]C[Se]C. The Morgan fingerprint density at radius 1 is 1.29 bits per heavy atom. The van der Waals surface area contributed by atoms with E-state index in [0.717, 1.165) is 41.2 Å². The maximum atomic E-state index is 2.33. The van der Waals surface area contributed by atoms with E-state index in [1.807, 2.05) is 0 Å². The fourth-order valence-corrected chi connectivity index (χ4v) is 13.8. The molecule has 7 heavy (non-hydrogen) atoms. The number of hydrogen-bond donors (Lipinski definition) is 0. The Labute approximate surface area is 63.2 Å². The van der Waals surface area contributed by atoms with Crippen molar-refractivity contribution in [3.63, 3.8) is 0 Å². The van der Waals surface area contributed by atoms with E-state index in [-0.39, 0.29) is 0 Å². The Morgan fingerprint density at radius 3 is 2.43 bits per heavy atom. The van der Waals surface area contributed by atoms with E-state index < -0.39 is 0 Å². The summed E-state index contributed by atoms with van der Waals surface area (Å²) in [6, 6.07) is 0. The number of rotatable bonds is 4. The molecule has 0 heterocycles. The van der Waals surface area contributed by atoms with Crippen LogP contribution in [0.4, 0.5) is 0 Å². The van der Waals surface area contributed by atoms with Crippen LogP contribution in [0.2, 0.25) is 15.4 Å². The zero-order valence-corrected chi connectivity index (χ0v) is 9.78. The van der Waals surface area contributed by atoms with E-state index in [1.54, 1.807) is 4.22 Å². The molecule has 0 atom stereocenters. The second-order valence-electron chi connectivity index (χ2n) is 0.931. The average Bonchev–Trinajstić information content (AvgIpc) is 1.69. The third-order valence-electron chi connectivity index (χ3n) is 0.367. The van der Waals surface area contributed by atoms with E-state index >= 15 is 0 Å². The van der Waals surface area contributed by atoms with Gasteiger partial charge in [-0.25, -0.2) is 0 Å². The van der Waals surface area contributed by atoms with Crippen LogP contribution < -0.4 is 0 Å². The molecule has 0 radical (unpaired) electrons. The van der Waals surface area contributed by atoms with Crippen molar-refractivity contribution >= 4 is 41.2 Å². The van der Waals surface area contributed by atoms with E-state index in [4.69, 9.17) is 0 Å². The molecule has 0 N–H and O–H groups in total. The minimum absolute atomic E-state index is 0.969. The Kier molecular flexibility index (Phi) is 9.24. The van der Waals surface area contributed by atoms with Gasteiger partial charge in [-0.3, -0.25) is 0 Å². The predicted molar refractivity (Wildman–Crippen MR) is 38.4 cm³/mol. The molecule has 0 aromatic carbocycles. The van der Waals surface area contributed by atoms with Crippen molar-refractivity contribution in [2.75, 3.05) is 0 Å². The molecule has 0 aromatic heterocycles. The molecule has 0 saturated carbocycles. The van der Waals surface area contributed by atoms with Crippen molar-refractivity contribution < 1.29 is 0 Å². The molecule has 0 aliphatic heterocycles. The normalized spacial score (nSPS) is 9.43. The predicted octanol–water partition coefficient (Wildman–Crippen LogP) is 0.876. The summed E-state index contributed by atoms with van der Waals surface area (Å²) < 4.78 is 1.58. The van der Waals surface area contributed by atoms with Crippen LogP contribution in [0.5, 0.6) is 0 Å². The number of hydrogen-bond acceptors (Lipinski definition) is 0. The molecule has 0 aromatic rings. The third-order valence-corrected chi connectivity index (χ3v) is 15.4. The van der Waals surface area contributed by atoms with Crippen molar-refractivity contribution in [3.8, 4) is 0 Å². The first kappa shape index (κ1) is 8.56. The van der Waals surface area contributed by atoms with Crippen LogP contribution in [0.25, 0.3) is 0 Å². The molecule has 0 amide bonds. The quantitative estimate of drug-likeness (QED) is 0.533. The van der Waals surface area contributed by atoms with Gasteiger partial charge in [0, 0.05) is 0 Å². The van der Waals surface area contributed by atoms with Crippen molar-refractivity contribution in [1.29, 1.82) is 0 Å². The van der Waals surface area contributed by atoms with Crippen molar-refractivity contribution in [1.82, 2.24) is 0 Å². The summed E-state index contributed by atoms with van der Waals surface area (Å²) >= 11 is 3.08. The van der Waals surface area contributed by atoms with E-state index in [2.05, 4.69) is 12.7 Å². The fraction of sp³-hybridized carbons (Fsp3) is 1.00. The van der Waals surface area contributed by atoms with Crippen molar-refractivity contribution in [2.45, 2.75) is 22.3 Å². The van der Waals surface area contributed by atoms with Gasteiger partial charge in [-0.05, 0) is 0 Å². The molecule has 0 aliphatic rings. The van der Waals surface area contributed by atoms with Crippen LogP contribution in [0.3, 0.4) is 0 Å². The van der Waals surface area contributed by atoms with Crippen molar-refractivity contribution in [3.05, 3.63) is 0 Å². The minimum atomic E-state index is 0.969. The molecule has 3 heteroatoms. The van der Waals surface area contributed by atoms with Crippen molar-refractivity contribution in [2.24, 2.45) is 0 Å². The van der Waals surface area contributed by atoms with Crippen LogP contribution in [-0.2, 0) is 0 Å². The molecule has 0 spiro atoms. The maximum absolute atomic E-state index is 2.33. The second-order valence-corrected chi connectivity index (χ2v) is 12.5. The van der Waals surface area contributed by atoms with Crippen LogP contribution in [0.15, 0.2) is 0 Å². The summed E-state index contributed by atoms with van der Waals surface area (Å²) in [6.45, 7) is 2.30. The topological polar surface area (TPSA) is 0 Å². The molecule has 0 rings (SSSR count). The van der Waals surface area contributed by atoms with Crippen LogP contribution in [0, 0.1) is 0 Å². The first-order valence-corrected chi connectivity index (χ1v) is 11.8. The van der Waals surface area contributed by atoms with E-state index in [0.29, 0.717) is 0 Å². The van der Waals surface area contributed by atoms with Crippen LogP contribution >= 0.6 is 0 Å². The molecule has 0 fully saturated rings. The Bertz CT molecular complexity index is 26.1. The zero-order chi connectivity index (χ0) is 5.54. The van der Waals surface area contributed by atoms with Gasteiger partial charge in [-0.15, -0.1) is 0 Å².